The van der Waals surface area contributed by atoms with Crippen LogP contribution >= 0.6 is 78.9 Å². The standard InChI is InChI=1S/C15H16S.C12H12.C10H12Br2S.C10H14S.C5H12S.3CH4/c1-2-12-16-15-10-8-14(9-11-15)13-6-4-3-5-7-13;1-9-7-11-5-3-4-6-12(11)8-10(9)2;1-2-5-13-7-8-3-4-9(11)6-10(8)12;1-2-8-11-9-10-6-4-3-5-7-10;1-3-5-6-4-2;;;/h3-11H,2,12H2,1H3;3-8H,1-2H3;3-4,6H,2,5,7H2,1H3;3-7H,2,8-9H2,1H3;3-5H2,1-2H3;3*1H4. The summed E-state index contributed by atoms with van der Waals surface area (Å²) in [4.78, 5) is 1.36. The zero-order valence-corrected chi connectivity index (χ0v) is 42.4. The van der Waals surface area contributed by atoms with E-state index in [9.17, 15) is 0 Å². The molecule has 0 amide bonds. The first kappa shape index (κ1) is 61.0. The lowest BCUT2D eigenvalue weighted by atomic mass is 10.0. The number of fused-ring (bicyclic) bond motifs is 1. The predicted octanol–water partition coefficient (Wildman–Crippen LogP) is 20.6. The Labute approximate surface area is 409 Å². The van der Waals surface area contributed by atoms with Crippen molar-refractivity contribution in [2.45, 2.75) is 113 Å². The Hall–Kier alpha value is -2.06. The Kier molecular flexibility index (Phi) is 39.5. The number of aryl methyl sites for hydroxylation is 2. The van der Waals surface area contributed by atoms with Gasteiger partial charge in [0.1, 0.15) is 0 Å². The van der Waals surface area contributed by atoms with Gasteiger partial charge in [0.25, 0.3) is 0 Å². The highest BCUT2D eigenvalue weighted by Crippen LogP contribution is 2.26. The molecular weight excluding hydrogens is 949 g/mol. The summed E-state index contributed by atoms with van der Waals surface area (Å²) in [6.45, 7) is 15.4. The molecule has 0 aromatic heterocycles. The lowest BCUT2D eigenvalue weighted by Gasteiger charge is -2.03. The second-order valence-electron chi connectivity index (χ2n) is 13.5. The first-order valence-corrected chi connectivity index (χ1v) is 26.7. The summed E-state index contributed by atoms with van der Waals surface area (Å²) in [7, 11) is 0. The second-order valence-corrected chi connectivity index (χ2v) is 20.1. The molecule has 0 N–H and O–H groups in total. The topological polar surface area (TPSA) is 0 Å². The Balaban J connectivity index is 0. The van der Waals surface area contributed by atoms with E-state index >= 15 is 0 Å². The Bertz CT molecular complexity index is 1850. The maximum Gasteiger partial charge on any atom is 0.0226 e. The lowest BCUT2D eigenvalue weighted by molar-refractivity contribution is 1.10. The minimum atomic E-state index is 0. The van der Waals surface area contributed by atoms with E-state index in [1.165, 1.54) is 108 Å². The van der Waals surface area contributed by atoms with Crippen LogP contribution in [-0.2, 0) is 11.5 Å². The molecule has 61 heavy (non-hydrogen) atoms. The molecule has 0 saturated carbocycles. The van der Waals surface area contributed by atoms with E-state index in [0.717, 1.165) is 16.0 Å². The van der Waals surface area contributed by atoms with Gasteiger partial charge in [0, 0.05) is 25.3 Å². The fourth-order valence-corrected chi connectivity index (χ4v) is 9.71. The van der Waals surface area contributed by atoms with Gasteiger partial charge in [-0.3, -0.25) is 0 Å². The maximum absolute atomic E-state index is 3.56. The van der Waals surface area contributed by atoms with Crippen LogP contribution in [0.1, 0.15) is 105 Å². The van der Waals surface area contributed by atoms with Crippen molar-refractivity contribution in [1.82, 2.24) is 0 Å². The van der Waals surface area contributed by atoms with E-state index in [-0.39, 0.29) is 22.3 Å². The summed E-state index contributed by atoms with van der Waals surface area (Å²) < 4.78 is 2.33. The van der Waals surface area contributed by atoms with Crippen LogP contribution in [0.3, 0.4) is 0 Å². The van der Waals surface area contributed by atoms with Crippen LogP contribution in [0.5, 0.6) is 0 Å². The fourth-order valence-electron chi connectivity index (χ4n) is 5.22. The number of rotatable bonds is 15. The van der Waals surface area contributed by atoms with Crippen molar-refractivity contribution in [1.29, 1.82) is 0 Å². The predicted molar refractivity (Wildman–Crippen MR) is 301 cm³/mol. The second kappa shape index (κ2) is 39.5. The number of hydrogen-bond acceptors (Lipinski definition) is 4. The molecule has 0 bridgehead atoms. The molecule has 6 aromatic rings. The highest BCUT2D eigenvalue weighted by molar-refractivity contribution is 9.11. The number of benzene rings is 6. The fraction of sp³-hybridized carbons (Fsp3) is 0.382. The SMILES string of the molecule is C.C.C.CCCSCC.CCCSCc1ccc(Br)cc1Br.CCCSCc1ccccc1.CCCSc1ccc(-c2ccccc2)cc1.Cc1cc2ccccc2cc1C. The van der Waals surface area contributed by atoms with Crippen molar-refractivity contribution in [3.05, 3.63) is 171 Å². The third kappa shape index (κ3) is 27.7. The number of hydrogen-bond donors (Lipinski definition) is 0. The molecule has 336 valence electrons. The average Bonchev–Trinajstić information content (AvgIpc) is 3.25. The van der Waals surface area contributed by atoms with Gasteiger partial charge in [0.05, 0.1) is 0 Å². The highest BCUT2D eigenvalue weighted by atomic mass is 79.9. The Morgan fingerprint density at radius 3 is 1.38 bits per heavy atom. The molecule has 0 unspecified atom stereocenters. The van der Waals surface area contributed by atoms with Gasteiger partial charge in [0.2, 0.25) is 0 Å². The van der Waals surface area contributed by atoms with Crippen molar-refractivity contribution in [2.24, 2.45) is 0 Å². The van der Waals surface area contributed by atoms with Crippen LogP contribution in [0.25, 0.3) is 21.9 Å². The lowest BCUT2D eigenvalue weighted by Crippen LogP contribution is -1.84. The van der Waals surface area contributed by atoms with Gasteiger partial charge >= 0.3 is 0 Å². The molecule has 6 aromatic carbocycles. The van der Waals surface area contributed by atoms with Gasteiger partial charge in [-0.2, -0.15) is 35.3 Å². The first-order chi connectivity index (χ1) is 28.3. The van der Waals surface area contributed by atoms with Gasteiger partial charge in [-0.15, -0.1) is 11.8 Å². The highest BCUT2D eigenvalue weighted by Gasteiger charge is 2.00. The summed E-state index contributed by atoms with van der Waals surface area (Å²) in [5, 5.41) is 2.67. The van der Waals surface area contributed by atoms with Crippen LogP contribution in [0.2, 0.25) is 0 Å². The maximum atomic E-state index is 3.56. The monoisotopic (exact) mass is 1020 g/mol. The molecule has 0 heterocycles. The summed E-state index contributed by atoms with van der Waals surface area (Å²) in [6, 6.07) is 49.3. The molecule has 0 saturated heterocycles. The minimum Gasteiger partial charge on any atom is -0.162 e. The van der Waals surface area contributed by atoms with Crippen molar-refractivity contribution in [3.8, 4) is 11.1 Å². The molecule has 0 spiro atoms. The van der Waals surface area contributed by atoms with Crippen molar-refractivity contribution in [2.75, 3.05) is 28.8 Å². The molecule has 0 nitrogen and oxygen atoms in total. The minimum absolute atomic E-state index is 0. The molecule has 0 aliphatic heterocycles. The third-order valence-electron chi connectivity index (χ3n) is 8.43. The van der Waals surface area contributed by atoms with E-state index in [0.29, 0.717) is 0 Å². The molecule has 0 aliphatic carbocycles. The van der Waals surface area contributed by atoms with E-state index in [1.54, 1.807) is 0 Å². The summed E-state index contributed by atoms with van der Waals surface area (Å²) in [5.41, 5.74) is 8.13. The average molecular weight is 1030 g/mol. The van der Waals surface area contributed by atoms with Crippen LogP contribution in [0.4, 0.5) is 0 Å². The largest absolute Gasteiger partial charge is 0.162 e. The molecule has 0 fully saturated rings. The number of thioether (sulfide) groups is 4. The first-order valence-electron chi connectivity index (χ1n) is 20.7. The zero-order chi connectivity index (χ0) is 42.2. The van der Waals surface area contributed by atoms with Gasteiger partial charge in [0.15, 0.2) is 0 Å². The van der Waals surface area contributed by atoms with Crippen molar-refractivity contribution >= 4 is 89.7 Å². The summed E-state index contributed by atoms with van der Waals surface area (Å²) >= 11 is 14.9. The van der Waals surface area contributed by atoms with E-state index < -0.39 is 0 Å². The number of halogens is 2. The van der Waals surface area contributed by atoms with Crippen molar-refractivity contribution < 1.29 is 0 Å². The van der Waals surface area contributed by atoms with Gasteiger partial charge < -0.3 is 0 Å². The molecule has 6 heteroatoms. The molecule has 6 rings (SSSR count). The van der Waals surface area contributed by atoms with Crippen molar-refractivity contribution in [3.63, 3.8) is 0 Å². The quantitative estimate of drug-likeness (QED) is 0.0742. The van der Waals surface area contributed by atoms with Gasteiger partial charge in [-0.1, -0.05) is 204 Å². The van der Waals surface area contributed by atoms with Gasteiger partial charge in [-0.25, -0.2) is 0 Å². The Morgan fingerprint density at radius 1 is 0.443 bits per heavy atom. The third-order valence-corrected chi connectivity index (χ3v) is 14.4. The smallest absolute Gasteiger partial charge is 0.0226 e. The van der Waals surface area contributed by atoms with E-state index in [1.807, 2.05) is 47.0 Å². The van der Waals surface area contributed by atoms with Crippen LogP contribution in [0.15, 0.2) is 153 Å². The van der Waals surface area contributed by atoms with Gasteiger partial charge in [-0.05, 0) is 137 Å². The Morgan fingerprint density at radius 2 is 0.902 bits per heavy atom. The van der Waals surface area contributed by atoms with Crippen LogP contribution < -0.4 is 0 Å². The van der Waals surface area contributed by atoms with Crippen LogP contribution in [-0.4, -0.2) is 28.8 Å². The van der Waals surface area contributed by atoms with Crippen LogP contribution in [0, 0.1) is 13.8 Å². The van der Waals surface area contributed by atoms with E-state index in [2.05, 4.69) is 220 Å². The summed E-state index contributed by atoms with van der Waals surface area (Å²) in [6.07, 6.45) is 5.07. The molecular formula is C55H78Br2S4. The zero-order valence-electron chi connectivity index (χ0n) is 35.9. The molecule has 0 atom stereocenters. The molecule has 0 aliphatic rings. The van der Waals surface area contributed by atoms with E-state index in [4.69, 9.17) is 0 Å². The molecule has 0 radical (unpaired) electrons. The normalized spacial score (nSPS) is 9.66. The summed E-state index contributed by atoms with van der Waals surface area (Å²) in [5.74, 6) is 8.57.